The summed E-state index contributed by atoms with van der Waals surface area (Å²) >= 11 is 0. The fraction of sp³-hybridized carbons (Fsp3) is 1.00. The zero-order valence-electron chi connectivity index (χ0n) is 9.65. The van der Waals surface area contributed by atoms with Gasteiger partial charge in [0.1, 0.15) is 0 Å². The van der Waals surface area contributed by atoms with Crippen LogP contribution in [-0.4, -0.2) is 37.1 Å². The SMILES string of the molecule is CCC1CCC(C)N1S(=O)(=O)CCCN. The first-order valence-corrected chi connectivity index (χ1v) is 7.35. The molecule has 1 aliphatic rings. The van der Waals surface area contributed by atoms with E-state index in [4.69, 9.17) is 5.73 Å². The lowest BCUT2D eigenvalue weighted by molar-refractivity contribution is 0.328. The molecule has 4 nitrogen and oxygen atoms in total. The number of rotatable bonds is 5. The standard InChI is InChI=1S/C10H22N2O2S/c1-3-10-6-5-9(2)12(10)15(13,14)8-4-7-11/h9-10H,3-8,11H2,1-2H3. The van der Waals surface area contributed by atoms with Crippen molar-refractivity contribution in [1.82, 2.24) is 4.31 Å². The smallest absolute Gasteiger partial charge is 0.214 e. The summed E-state index contributed by atoms with van der Waals surface area (Å²) in [5.74, 6) is 0.199. The third kappa shape index (κ3) is 2.92. The fourth-order valence-electron chi connectivity index (χ4n) is 2.30. The van der Waals surface area contributed by atoms with Crippen LogP contribution in [0, 0.1) is 0 Å². The van der Waals surface area contributed by atoms with Crippen molar-refractivity contribution >= 4 is 10.0 Å². The minimum atomic E-state index is -3.08. The highest BCUT2D eigenvalue weighted by Crippen LogP contribution is 2.29. The van der Waals surface area contributed by atoms with E-state index in [0.29, 0.717) is 13.0 Å². The Balaban J connectivity index is 2.75. The summed E-state index contributed by atoms with van der Waals surface area (Å²) < 4.78 is 25.8. The molecule has 15 heavy (non-hydrogen) atoms. The molecule has 0 spiro atoms. The van der Waals surface area contributed by atoms with Gasteiger partial charge >= 0.3 is 0 Å². The van der Waals surface area contributed by atoms with E-state index in [2.05, 4.69) is 0 Å². The third-order valence-corrected chi connectivity index (χ3v) is 5.22. The summed E-state index contributed by atoms with van der Waals surface area (Å²) in [6, 6.07) is 0.375. The molecule has 1 fully saturated rings. The fourth-order valence-corrected chi connectivity index (χ4v) is 4.41. The second-order valence-corrected chi connectivity index (χ2v) is 6.27. The molecule has 1 aliphatic heterocycles. The Labute approximate surface area is 92.9 Å². The molecule has 1 heterocycles. The second kappa shape index (κ2) is 5.27. The van der Waals surface area contributed by atoms with Gasteiger partial charge in [-0.2, -0.15) is 4.31 Å². The van der Waals surface area contributed by atoms with Gasteiger partial charge in [0.15, 0.2) is 0 Å². The van der Waals surface area contributed by atoms with Gasteiger partial charge in [0.2, 0.25) is 10.0 Å². The van der Waals surface area contributed by atoms with E-state index >= 15 is 0 Å². The Morgan fingerprint density at radius 1 is 1.40 bits per heavy atom. The largest absolute Gasteiger partial charge is 0.330 e. The molecule has 0 bridgehead atoms. The van der Waals surface area contributed by atoms with Crippen LogP contribution in [-0.2, 0) is 10.0 Å². The van der Waals surface area contributed by atoms with Crippen molar-refractivity contribution in [2.45, 2.75) is 51.6 Å². The monoisotopic (exact) mass is 234 g/mol. The van der Waals surface area contributed by atoms with Gasteiger partial charge in [0.25, 0.3) is 0 Å². The van der Waals surface area contributed by atoms with E-state index in [1.807, 2.05) is 13.8 Å². The van der Waals surface area contributed by atoms with Gasteiger partial charge in [0.05, 0.1) is 5.75 Å². The van der Waals surface area contributed by atoms with Crippen molar-refractivity contribution in [3.05, 3.63) is 0 Å². The Hall–Kier alpha value is -0.130. The molecule has 0 radical (unpaired) electrons. The quantitative estimate of drug-likeness (QED) is 0.769. The van der Waals surface area contributed by atoms with Crippen molar-refractivity contribution in [2.75, 3.05) is 12.3 Å². The summed E-state index contributed by atoms with van der Waals surface area (Å²) in [7, 11) is -3.08. The van der Waals surface area contributed by atoms with Gasteiger partial charge in [-0.25, -0.2) is 8.42 Å². The zero-order chi connectivity index (χ0) is 11.5. The highest BCUT2D eigenvalue weighted by atomic mass is 32.2. The molecule has 0 aromatic rings. The Morgan fingerprint density at radius 3 is 2.60 bits per heavy atom. The van der Waals surface area contributed by atoms with Gasteiger partial charge in [-0.15, -0.1) is 0 Å². The number of hydrogen-bond donors (Lipinski definition) is 1. The molecular weight excluding hydrogens is 212 g/mol. The van der Waals surface area contributed by atoms with E-state index in [0.717, 1.165) is 19.3 Å². The van der Waals surface area contributed by atoms with Gasteiger partial charge in [-0.05, 0) is 39.2 Å². The third-order valence-electron chi connectivity index (χ3n) is 3.11. The lowest BCUT2D eigenvalue weighted by Crippen LogP contribution is -2.41. The molecule has 0 aromatic heterocycles. The first-order chi connectivity index (χ1) is 7.03. The number of nitrogens with two attached hydrogens (primary N) is 1. The van der Waals surface area contributed by atoms with Gasteiger partial charge in [0, 0.05) is 12.1 Å². The van der Waals surface area contributed by atoms with Gasteiger partial charge < -0.3 is 5.73 Å². The Kier molecular flexibility index (Phi) is 4.55. The van der Waals surface area contributed by atoms with E-state index in [-0.39, 0.29) is 17.8 Å². The summed E-state index contributed by atoms with van der Waals surface area (Å²) in [6.45, 7) is 4.49. The summed E-state index contributed by atoms with van der Waals surface area (Å²) in [6.07, 6.45) is 3.45. The lowest BCUT2D eigenvalue weighted by atomic mass is 10.2. The Bertz CT molecular complexity index is 290. The molecule has 0 aromatic carbocycles. The molecule has 0 aliphatic carbocycles. The number of sulfonamides is 1. The average molecular weight is 234 g/mol. The van der Waals surface area contributed by atoms with Crippen LogP contribution in [0.2, 0.25) is 0 Å². The predicted molar refractivity (Wildman–Crippen MR) is 62.1 cm³/mol. The summed E-state index contributed by atoms with van der Waals surface area (Å²) in [5, 5.41) is 0. The summed E-state index contributed by atoms with van der Waals surface area (Å²) in [4.78, 5) is 0. The first-order valence-electron chi connectivity index (χ1n) is 5.74. The van der Waals surface area contributed by atoms with E-state index < -0.39 is 10.0 Å². The maximum absolute atomic E-state index is 12.0. The van der Waals surface area contributed by atoms with Crippen molar-refractivity contribution < 1.29 is 8.42 Å². The lowest BCUT2D eigenvalue weighted by Gasteiger charge is -2.26. The van der Waals surface area contributed by atoms with Crippen molar-refractivity contribution in [2.24, 2.45) is 5.73 Å². The number of nitrogens with zero attached hydrogens (tertiary/aromatic N) is 1. The normalized spacial score (nSPS) is 28.5. The molecule has 5 heteroatoms. The molecule has 0 amide bonds. The molecule has 2 unspecified atom stereocenters. The summed E-state index contributed by atoms with van der Waals surface area (Å²) in [5.41, 5.74) is 5.35. The van der Waals surface area contributed by atoms with Crippen LogP contribution >= 0.6 is 0 Å². The van der Waals surface area contributed by atoms with Crippen LogP contribution in [0.25, 0.3) is 0 Å². The molecule has 90 valence electrons. The maximum atomic E-state index is 12.0. The Morgan fingerprint density at radius 2 is 2.07 bits per heavy atom. The van der Waals surface area contributed by atoms with Crippen LogP contribution in [0.5, 0.6) is 0 Å². The van der Waals surface area contributed by atoms with Crippen LogP contribution in [0.4, 0.5) is 0 Å². The average Bonchev–Trinajstić information content (AvgIpc) is 2.57. The van der Waals surface area contributed by atoms with E-state index in [1.54, 1.807) is 4.31 Å². The second-order valence-electron chi connectivity index (χ2n) is 4.28. The minimum absolute atomic E-state index is 0.165. The van der Waals surface area contributed by atoms with Crippen LogP contribution < -0.4 is 5.73 Å². The predicted octanol–water partition coefficient (Wildman–Crippen LogP) is 0.928. The molecule has 2 atom stereocenters. The molecule has 2 N–H and O–H groups in total. The molecular formula is C10H22N2O2S. The highest BCUT2D eigenvalue weighted by Gasteiger charge is 2.37. The molecule has 1 saturated heterocycles. The molecule has 0 saturated carbocycles. The van der Waals surface area contributed by atoms with Crippen molar-refractivity contribution in [3.8, 4) is 0 Å². The highest BCUT2D eigenvalue weighted by molar-refractivity contribution is 7.89. The minimum Gasteiger partial charge on any atom is -0.330 e. The topological polar surface area (TPSA) is 63.4 Å². The van der Waals surface area contributed by atoms with Crippen LogP contribution in [0.15, 0.2) is 0 Å². The van der Waals surface area contributed by atoms with Crippen molar-refractivity contribution in [3.63, 3.8) is 0 Å². The van der Waals surface area contributed by atoms with Crippen molar-refractivity contribution in [1.29, 1.82) is 0 Å². The van der Waals surface area contributed by atoms with Crippen LogP contribution in [0.3, 0.4) is 0 Å². The molecule has 1 rings (SSSR count). The van der Waals surface area contributed by atoms with Gasteiger partial charge in [-0.3, -0.25) is 0 Å². The maximum Gasteiger partial charge on any atom is 0.214 e. The van der Waals surface area contributed by atoms with E-state index in [1.165, 1.54) is 0 Å². The van der Waals surface area contributed by atoms with E-state index in [9.17, 15) is 8.42 Å². The van der Waals surface area contributed by atoms with Gasteiger partial charge in [-0.1, -0.05) is 6.92 Å². The zero-order valence-corrected chi connectivity index (χ0v) is 10.5. The number of hydrogen-bond acceptors (Lipinski definition) is 3. The first kappa shape index (κ1) is 12.9. The van der Waals surface area contributed by atoms with Crippen LogP contribution in [0.1, 0.15) is 39.5 Å².